The van der Waals surface area contributed by atoms with Crippen LogP contribution in [0.4, 0.5) is 0 Å². The van der Waals surface area contributed by atoms with Gasteiger partial charge in [0.05, 0.1) is 0 Å². The van der Waals surface area contributed by atoms with Crippen LogP contribution >= 0.6 is 0 Å². The van der Waals surface area contributed by atoms with Crippen molar-refractivity contribution in [1.82, 2.24) is 10.2 Å². The Balaban J connectivity index is 1.57. The van der Waals surface area contributed by atoms with Crippen LogP contribution < -0.4 is 5.32 Å². The third kappa shape index (κ3) is 3.01. The molecule has 0 amide bonds. The lowest BCUT2D eigenvalue weighted by atomic mass is 9.83. The molecule has 4 rings (SSSR count). The summed E-state index contributed by atoms with van der Waals surface area (Å²) in [7, 11) is 0. The molecule has 2 unspecified atom stereocenters. The lowest BCUT2D eigenvalue weighted by Crippen LogP contribution is -2.57. The van der Waals surface area contributed by atoms with Crippen molar-refractivity contribution in [2.75, 3.05) is 19.6 Å². The molecule has 3 saturated heterocycles. The zero-order chi connectivity index (χ0) is 13.2. The molecule has 3 aliphatic rings. The van der Waals surface area contributed by atoms with Crippen LogP contribution in [-0.2, 0) is 6.42 Å². The minimum Gasteiger partial charge on any atom is -0.310 e. The van der Waals surface area contributed by atoms with Gasteiger partial charge in [0.2, 0.25) is 0 Å². The lowest BCUT2D eigenvalue weighted by molar-refractivity contribution is 0.0680. The van der Waals surface area contributed by atoms with E-state index in [0.717, 1.165) is 18.4 Å². The van der Waals surface area contributed by atoms with E-state index in [9.17, 15) is 0 Å². The normalized spacial score (nSPS) is 31.4. The molecule has 2 atom stereocenters. The van der Waals surface area contributed by atoms with Gasteiger partial charge in [-0.05, 0) is 63.2 Å². The monoisotopic (exact) mass is 258 g/mol. The molecule has 1 N–H and O–H groups in total. The topological polar surface area (TPSA) is 15.3 Å². The second-order valence-electron chi connectivity index (χ2n) is 6.44. The number of nitrogens with zero attached hydrogens (tertiary/aromatic N) is 1. The summed E-state index contributed by atoms with van der Waals surface area (Å²) in [6.45, 7) is 8.48. The number of piperidine rings is 3. The quantitative estimate of drug-likeness (QED) is 0.893. The largest absolute Gasteiger partial charge is 0.310 e. The van der Waals surface area contributed by atoms with Gasteiger partial charge in [0.15, 0.2) is 0 Å². The predicted molar refractivity (Wildman–Crippen MR) is 80.4 cm³/mol. The zero-order valence-electron chi connectivity index (χ0n) is 12.2. The Kier molecular flexibility index (Phi) is 3.90. The predicted octanol–water partition coefficient (Wildman–Crippen LogP) is 2.61. The van der Waals surface area contributed by atoms with Gasteiger partial charge in [-0.3, -0.25) is 0 Å². The van der Waals surface area contributed by atoms with E-state index in [0.29, 0.717) is 6.04 Å². The van der Waals surface area contributed by atoms with Gasteiger partial charge in [-0.2, -0.15) is 0 Å². The maximum absolute atomic E-state index is 3.88. The molecule has 0 radical (unpaired) electrons. The molecule has 2 nitrogen and oxygen atoms in total. The van der Waals surface area contributed by atoms with E-state index in [1.165, 1.54) is 43.6 Å². The van der Waals surface area contributed by atoms with Crippen molar-refractivity contribution >= 4 is 0 Å². The first-order valence-electron chi connectivity index (χ1n) is 7.75. The number of rotatable bonds is 4. The van der Waals surface area contributed by atoms with Crippen LogP contribution in [0, 0.1) is 12.8 Å². The fourth-order valence-corrected chi connectivity index (χ4v) is 3.75. The Labute approximate surface area is 117 Å². The molecule has 104 valence electrons. The van der Waals surface area contributed by atoms with Gasteiger partial charge in [-0.1, -0.05) is 24.3 Å². The van der Waals surface area contributed by atoms with Crippen LogP contribution in [0.25, 0.3) is 0 Å². The molecule has 2 bridgehead atoms. The molecule has 3 fully saturated rings. The van der Waals surface area contributed by atoms with Gasteiger partial charge in [-0.25, -0.2) is 0 Å². The third-order valence-electron chi connectivity index (χ3n) is 4.94. The van der Waals surface area contributed by atoms with Gasteiger partial charge in [0, 0.05) is 18.6 Å². The Morgan fingerprint density at radius 1 is 1.26 bits per heavy atom. The van der Waals surface area contributed by atoms with Gasteiger partial charge >= 0.3 is 0 Å². The van der Waals surface area contributed by atoms with Crippen molar-refractivity contribution in [3.05, 3.63) is 35.4 Å². The fourth-order valence-electron chi connectivity index (χ4n) is 3.75. The Bertz CT molecular complexity index is 421. The number of aryl methyl sites for hydroxylation is 1. The third-order valence-corrected chi connectivity index (χ3v) is 4.94. The highest BCUT2D eigenvalue weighted by Crippen LogP contribution is 2.27. The molecule has 3 aliphatic heterocycles. The molecule has 0 saturated carbocycles. The van der Waals surface area contributed by atoms with E-state index < -0.39 is 0 Å². The van der Waals surface area contributed by atoms with Crippen LogP contribution in [-0.4, -0.2) is 36.6 Å². The van der Waals surface area contributed by atoms with Gasteiger partial charge in [-0.15, -0.1) is 0 Å². The molecule has 1 aromatic carbocycles. The summed E-state index contributed by atoms with van der Waals surface area (Å²) in [5.41, 5.74) is 2.91. The van der Waals surface area contributed by atoms with E-state index in [1.54, 1.807) is 0 Å². The van der Waals surface area contributed by atoms with Crippen molar-refractivity contribution in [3.63, 3.8) is 0 Å². The summed E-state index contributed by atoms with van der Waals surface area (Å²) in [5, 5.41) is 3.88. The van der Waals surface area contributed by atoms with E-state index in [4.69, 9.17) is 0 Å². The van der Waals surface area contributed by atoms with Crippen LogP contribution in [0.2, 0.25) is 0 Å². The number of hydrogen-bond acceptors (Lipinski definition) is 2. The average molecular weight is 258 g/mol. The maximum atomic E-state index is 3.88. The first-order chi connectivity index (χ1) is 9.22. The van der Waals surface area contributed by atoms with Crippen LogP contribution in [0.1, 0.15) is 30.9 Å². The minimum atomic E-state index is 0.576. The summed E-state index contributed by atoms with van der Waals surface area (Å²) in [5.74, 6) is 0.921. The molecule has 0 aliphatic carbocycles. The van der Waals surface area contributed by atoms with Crippen molar-refractivity contribution < 1.29 is 0 Å². The van der Waals surface area contributed by atoms with Gasteiger partial charge in [0.1, 0.15) is 0 Å². The second-order valence-corrected chi connectivity index (χ2v) is 6.44. The Morgan fingerprint density at radius 2 is 2.00 bits per heavy atom. The Morgan fingerprint density at radius 3 is 2.63 bits per heavy atom. The second kappa shape index (κ2) is 5.64. The molecular formula is C17H26N2. The number of nitrogens with one attached hydrogen (secondary N) is 1. The fraction of sp³-hybridized carbons (Fsp3) is 0.647. The highest BCUT2D eigenvalue weighted by molar-refractivity contribution is 5.26. The van der Waals surface area contributed by atoms with Crippen LogP contribution in [0.15, 0.2) is 24.3 Å². The summed E-state index contributed by atoms with van der Waals surface area (Å²) < 4.78 is 0. The van der Waals surface area contributed by atoms with Gasteiger partial charge in [0.25, 0.3) is 0 Å². The molecule has 1 aromatic rings. The van der Waals surface area contributed by atoms with E-state index in [1.807, 2.05) is 0 Å². The maximum Gasteiger partial charge on any atom is 0.0226 e. The molecular weight excluding hydrogens is 232 g/mol. The first kappa shape index (κ1) is 13.1. The summed E-state index contributed by atoms with van der Waals surface area (Å²) in [6, 6.07) is 10.1. The minimum absolute atomic E-state index is 0.576. The van der Waals surface area contributed by atoms with E-state index in [-0.39, 0.29) is 0 Å². The SMILES string of the molecule is Cc1ccccc1CC(C)NC1CN2CCC1CC2. The molecule has 19 heavy (non-hydrogen) atoms. The Hall–Kier alpha value is -0.860. The van der Waals surface area contributed by atoms with Gasteiger partial charge < -0.3 is 10.2 Å². The van der Waals surface area contributed by atoms with Crippen molar-refractivity contribution in [2.45, 2.75) is 45.2 Å². The lowest BCUT2D eigenvalue weighted by Gasteiger charge is -2.46. The zero-order valence-corrected chi connectivity index (χ0v) is 12.2. The number of hydrogen-bond donors (Lipinski definition) is 1. The number of benzene rings is 1. The van der Waals surface area contributed by atoms with E-state index in [2.05, 4.69) is 48.3 Å². The van der Waals surface area contributed by atoms with Crippen LogP contribution in [0.5, 0.6) is 0 Å². The van der Waals surface area contributed by atoms with Crippen LogP contribution in [0.3, 0.4) is 0 Å². The van der Waals surface area contributed by atoms with E-state index >= 15 is 0 Å². The highest BCUT2D eigenvalue weighted by Gasteiger charge is 2.34. The summed E-state index contributed by atoms with van der Waals surface area (Å²) >= 11 is 0. The molecule has 2 heteroatoms. The molecule has 0 aromatic heterocycles. The average Bonchev–Trinajstić information content (AvgIpc) is 2.43. The highest BCUT2D eigenvalue weighted by atomic mass is 15.2. The first-order valence-corrected chi connectivity index (χ1v) is 7.75. The summed E-state index contributed by atoms with van der Waals surface area (Å²) in [4.78, 5) is 2.62. The molecule has 0 spiro atoms. The molecule has 3 heterocycles. The number of fused-ring (bicyclic) bond motifs is 3. The van der Waals surface area contributed by atoms with Crippen molar-refractivity contribution in [3.8, 4) is 0 Å². The van der Waals surface area contributed by atoms with Crippen molar-refractivity contribution in [2.24, 2.45) is 5.92 Å². The standard InChI is InChI=1S/C17H26N2/c1-13-5-3-4-6-16(13)11-14(2)18-17-12-19-9-7-15(17)8-10-19/h3-6,14-15,17-18H,7-12H2,1-2H3. The van der Waals surface area contributed by atoms with Crippen molar-refractivity contribution in [1.29, 1.82) is 0 Å². The summed E-state index contributed by atoms with van der Waals surface area (Å²) in [6.07, 6.45) is 3.94. The smallest absolute Gasteiger partial charge is 0.0226 e.